The second-order valence-electron chi connectivity index (χ2n) is 5.11. The lowest BCUT2D eigenvalue weighted by molar-refractivity contribution is 0.308. The summed E-state index contributed by atoms with van der Waals surface area (Å²) in [5.41, 5.74) is 5.77. The first-order valence-corrected chi connectivity index (χ1v) is 5.95. The Morgan fingerprint density at radius 1 is 1.38 bits per heavy atom. The van der Waals surface area contributed by atoms with Crippen LogP contribution in [-0.4, -0.2) is 16.0 Å². The zero-order valence-electron chi connectivity index (χ0n) is 10.2. The Hall–Kier alpha value is -1.32. The van der Waals surface area contributed by atoms with E-state index in [1.165, 1.54) is 12.8 Å². The molecule has 4 heteroatoms. The standard InChI is InChI=1S/C12H20N4/c1-7(2)12-15-10(13)6-11(16-12)14-9-4-8(3)5-9/h6-9H,4-5H2,1-3H3,(H3,13,14,15,16). The van der Waals surface area contributed by atoms with Crippen LogP contribution < -0.4 is 11.1 Å². The number of rotatable bonds is 3. The largest absolute Gasteiger partial charge is 0.384 e. The molecule has 0 radical (unpaired) electrons. The molecule has 1 saturated carbocycles. The van der Waals surface area contributed by atoms with E-state index >= 15 is 0 Å². The fourth-order valence-corrected chi connectivity index (χ4v) is 2.05. The third-order valence-electron chi connectivity index (χ3n) is 3.01. The number of nitrogens with zero attached hydrogens (tertiary/aromatic N) is 2. The topological polar surface area (TPSA) is 63.8 Å². The predicted molar refractivity (Wildman–Crippen MR) is 66.3 cm³/mol. The van der Waals surface area contributed by atoms with E-state index in [-0.39, 0.29) is 0 Å². The number of hydrogen-bond donors (Lipinski definition) is 2. The van der Waals surface area contributed by atoms with Gasteiger partial charge < -0.3 is 11.1 Å². The van der Waals surface area contributed by atoms with Gasteiger partial charge in [0, 0.05) is 18.0 Å². The van der Waals surface area contributed by atoms with E-state index in [0.717, 1.165) is 17.6 Å². The molecule has 1 fully saturated rings. The third kappa shape index (κ3) is 2.43. The molecule has 0 amide bonds. The van der Waals surface area contributed by atoms with Gasteiger partial charge in [-0.3, -0.25) is 0 Å². The lowest BCUT2D eigenvalue weighted by atomic mass is 9.82. The summed E-state index contributed by atoms with van der Waals surface area (Å²) in [6.45, 7) is 6.42. The van der Waals surface area contributed by atoms with Crippen LogP contribution in [0.2, 0.25) is 0 Å². The second-order valence-corrected chi connectivity index (χ2v) is 5.11. The Labute approximate surface area is 96.7 Å². The van der Waals surface area contributed by atoms with Crippen molar-refractivity contribution in [1.29, 1.82) is 0 Å². The maximum absolute atomic E-state index is 5.77. The molecule has 0 aromatic carbocycles. The van der Waals surface area contributed by atoms with Gasteiger partial charge in [-0.05, 0) is 18.8 Å². The summed E-state index contributed by atoms with van der Waals surface area (Å²) in [7, 11) is 0. The molecule has 0 spiro atoms. The number of nitrogens with two attached hydrogens (primary N) is 1. The highest BCUT2D eigenvalue weighted by molar-refractivity contribution is 5.45. The molecule has 0 atom stereocenters. The van der Waals surface area contributed by atoms with Gasteiger partial charge in [-0.1, -0.05) is 20.8 Å². The Balaban J connectivity index is 2.08. The van der Waals surface area contributed by atoms with Crippen molar-refractivity contribution >= 4 is 11.6 Å². The van der Waals surface area contributed by atoms with E-state index < -0.39 is 0 Å². The normalized spacial score (nSPS) is 24.2. The summed E-state index contributed by atoms with van der Waals surface area (Å²) in [6, 6.07) is 2.37. The van der Waals surface area contributed by atoms with Gasteiger partial charge in [-0.2, -0.15) is 0 Å². The summed E-state index contributed by atoms with van der Waals surface area (Å²) in [5, 5.41) is 3.41. The zero-order valence-corrected chi connectivity index (χ0v) is 10.2. The second kappa shape index (κ2) is 4.28. The minimum Gasteiger partial charge on any atom is -0.384 e. The smallest absolute Gasteiger partial charge is 0.135 e. The van der Waals surface area contributed by atoms with Gasteiger partial charge in [0.15, 0.2) is 0 Å². The zero-order chi connectivity index (χ0) is 11.7. The Kier molecular flexibility index (Phi) is 2.99. The molecule has 0 aliphatic heterocycles. The average molecular weight is 220 g/mol. The van der Waals surface area contributed by atoms with E-state index in [0.29, 0.717) is 17.8 Å². The van der Waals surface area contributed by atoms with Crippen molar-refractivity contribution in [3.8, 4) is 0 Å². The summed E-state index contributed by atoms with van der Waals surface area (Å²) in [4.78, 5) is 8.70. The summed E-state index contributed by atoms with van der Waals surface area (Å²) >= 11 is 0. The minimum atomic E-state index is 0.310. The molecule has 0 bridgehead atoms. The molecule has 1 aromatic rings. The lowest BCUT2D eigenvalue weighted by Gasteiger charge is -2.33. The maximum Gasteiger partial charge on any atom is 0.135 e. The molecular formula is C12H20N4. The average Bonchev–Trinajstić information content (AvgIpc) is 2.14. The van der Waals surface area contributed by atoms with Crippen LogP contribution in [0, 0.1) is 5.92 Å². The van der Waals surface area contributed by atoms with E-state index in [9.17, 15) is 0 Å². The van der Waals surface area contributed by atoms with E-state index in [1.54, 1.807) is 0 Å². The highest BCUT2D eigenvalue weighted by atomic mass is 15.1. The van der Waals surface area contributed by atoms with Gasteiger partial charge in [-0.25, -0.2) is 9.97 Å². The first kappa shape index (κ1) is 11.2. The Bertz CT molecular complexity index is 369. The third-order valence-corrected chi connectivity index (χ3v) is 3.01. The van der Waals surface area contributed by atoms with E-state index in [4.69, 9.17) is 5.73 Å². The molecular weight excluding hydrogens is 200 g/mol. The highest BCUT2D eigenvalue weighted by Crippen LogP contribution is 2.29. The molecule has 1 aliphatic rings. The SMILES string of the molecule is CC1CC(Nc2cc(N)nc(C(C)C)n2)C1. The van der Waals surface area contributed by atoms with Crippen molar-refractivity contribution < 1.29 is 0 Å². The van der Waals surface area contributed by atoms with Crippen LogP contribution in [0.4, 0.5) is 11.6 Å². The summed E-state index contributed by atoms with van der Waals surface area (Å²) in [6.07, 6.45) is 2.45. The number of aromatic nitrogens is 2. The van der Waals surface area contributed by atoms with Gasteiger partial charge >= 0.3 is 0 Å². The van der Waals surface area contributed by atoms with Gasteiger partial charge in [0.1, 0.15) is 17.5 Å². The number of nitrogens with one attached hydrogen (secondary N) is 1. The van der Waals surface area contributed by atoms with Gasteiger partial charge in [0.25, 0.3) is 0 Å². The molecule has 16 heavy (non-hydrogen) atoms. The Morgan fingerprint density at radius 2 is 2.06 bits per heavy atom. The predicted octanol–water partition coefficient (Wildman–Crippen LogP) is 2.39. The minimum absolute atomic E-state index is 0.310. The summed E-state index contributed by atoms with van der Waals surface area (Å²) in [5.74, 6) is 3.38. The van der Waals surface area contributed by atoms with Crippen LogP contribution in [-0.2, 0) is 0 Å². The fraction of sp³-hybridized carbons (Fsp3) is 0.667. The highest BCUT2D eigenvalue weighted by Gasteiger charge is 2.25. The maximum atomic E-state index is 5.77. The van der Waals surface area contributed by atoms with Crippen LogP contribution in [0.5, 0.6) is 0 Å². The molecule has 1 heterocycles. The molecule has 1 aliphatic carbocycles. The van der Waals surface area contributed by atoms with Crippen LogP contribution >= 0.6 is 0 Å². The number of anilines is 2. The van der Waals surface area contributed by atoms with Crippen LogP contribution in [0.3, 0.4) is 0 Å². The molecule has 88 valence electrons. The molecule has 1 aromatic heterocycles. The van der Waals surface area contributed by atoms with Crippen LogP contribution in [0.1, 0.15) is 45.4 Å². The van der Waals surface area contributed by atoms with Crippen LogP contribution in [0.15, 0.2) is 6.07 Å². The summed E-state index contributed by atoms with van der Waals surface area (Å²) < 4.78 is 0. The quantitative estimate of drug-likeness (QED) is 0.821. The van der Waals surface area contributed by atoms with Crippen molar-refractivity contribution in [2.24, 2.45) is 5.92 Å². The molecule has 3 N–H and O–H groups in total. The van der Waals surface area contributed by atoms with Crippen molar-refractivity contribution in [2.75, 3.05) is 11.1 Å². The van der Waals surface area contributed by atoms with E-state index in [2.05, 4.69) is 36.1 Å². The Morgan fingerprint density at radius 3 is 2.62 bits per heavy atom. The van der Waals surface area contributed by atoms with Gasteiger partial charge in [0.2, 0.25) is 0 Å². The molecule has 0 unspecified atom stereocenters. The van der Waals surface area contributed by atoms with Crippen molar-refractivity contribution in [3.63, 3.8) is 0 Å². The number of nitrogen functional groups attached to an aromatic ring is 1. The van der Waals surface area contributed by atoms with Crippen molar-refractivity contribution in [1.82, 2.24) is 9.97 Å². The molecule has 4 nitrogen and oxygen atoms in total. The fourth-order valence-electron chi connectivity index (χ4n) is 2.05. The first-order chi connectivity index (χ1) is 7.54. The molecule has 0 saturated heterocycles. The monoisotopic (exact) mass is 220 g/mol. The van der Waals surface area contributed by atoms with Crippen molar-refractivity contribution in [2.45, 2.75) is 45.6 Å². The van der Waals surface area contributed by atoms with Gasteiger partial charge in [0.05, 0.1) is 0 Å². The van der Waals surface area contributed by atoms with Crippen LogP contribution in [0.25, 0.3) is 0 Å². The van der Waals surface area contributed by atoms with Gasteiger partial charge in [-0.15, -0.1) is 0 Å². The number of hydrogen-bond acceptors (Lipinski definition) is 4. The van der Waals surface area contributed by atoms with E-state index in [1.807, 2.05) is 6.07 Å². The lowest BCUT2D eigenvalue weighted by Crippen LogP contribution is -2.34. The molecule has 2 rings (SSSR count). The first-order valence-electron chi connectivity index (χ1n) is 5.95. The van der Waals surface area contributed by atoms with Crippen molar-refractivity contribution in [3.05, 3.63) is 11.9 Å².